The van der Waals surface area contributed by atoms with E-state index >= 15 is 0 Å². The minimum absolute atomic E-state index is 0.00319. The molecule has 1 heterocycles. The summed E-state index contributed by atoms with van der Waals surface area (Å²) in [5.41, 5.74) is 0.825. The number of carbonyl (C=O) groups is 1. The summed E-state index contributed by atoms with van der Waals surface area (Å²) in [4.78, 5) is 14.2. The van der Waals surface area contributed by atoms with Crippen LogP contribution in [0.2, 0.25) is 5.02 Å². The van der Waals surface area contributed by atoms with E-state index < -0.39 is 0 Å². The van der Waals surface area contributed by atoms with E-state index in [2.05, 4.69) is 0 Å². The topological polar surface area (TPSA) is 42.7 Å². The Morgan fingerprint density at radius 1 is 1.29 bits per heavy atom. The van der Waals surface area contributed by atoms with Gasteiger partial charge in [-0.3, -0.25) is 4.79 Å². The molecule has 0 atom stereocenters. The number of carbonyl (C=O) groups excluding carboxylic acids is 1. The summed E-state index contributed by atoms with van der Waals surface area (Å²) in [5, 5.41) is 0.607. The maximum absolute atomic E-state index is 12.5. The molecule has 21 heavy (non-hydrogen) atoms. The van der Waals surface area contributed by atoms with Crippen LogP contribution < -0.4 is 0 Å². The van der Waals surface area contributed by atoms with Crippen LogP contribution in [-0.2, 0) is 22.5 Å². The van der Waals surface area contributed by atoms with Gasteiger partial charge in [0.25, 0.3) is 0 Å². The van der Waals surface area contributed by atoms with Gasteiger partial charge < -0.3 is 14.1 Å². The quantitative estimate of drug-likeness (QED) is 0.789. The second-order valence-corrected chi connectivity index (χ2v) is 5.06. The van der Waals surface area contributed by atoms with Crippen molar-refractivity contribution >= 4 is 17.5 Å². The molecular formula is C16H18ClNO3. The SMILES string of the molecule is COCCN(Cc1ccco1)C(=O)Cc1ccccc1Cl. The zero-order valence-electron chi connectivity index (χ0n) is 11.9. The van der Waals surface area contributed by atoms with Crippen LogP contribution in [0.3, 0.4) is 0 Å². The van der Waals surface area contributed by atoms with E-state index in [9.17, 15) is 4.79 Å². The predicted molar refractivity (Wildman–Crippen MR) is 81.2 cm³/mol. The minimum atomic E-state index is -0.00319. The summed E-state index contributed by atoms with van der Waals surface area (Å²) in [6.07, 6.45) is 1.87. The summed E-state index contributed by atoms with van der Waals surface area (Å²) in [6, 6.07) is 11.0. The average molecular weight is 308 g/mol. The first kappa shape index (κ1) is 15.6. The highest BCUT2D eigenvalue weighted by molar-refractivity contribution is 6.31. The van der Waals surface area contributed by atoms with Gasteiger partial charge in [0.15, 0.2) is 0 Å². The summed E-state index contributed by atoms with van der Waals surface area (Å²) in [5.74, 6) is 0.746. The molecule has 1 amide bonds. The average Bonchev–Trinajstić information content (AvgIpc) is 2.98. The van der Waals surface area contributed by atoms with E-state index in [1.54, 1.807) is 24.3 Å². The van der Waals surface area contributed by atoms with Crippen molar-refractivity contribution in [2.24, 2.45) is 0 Å². The number of amides is 1. The van der Waals surface area contributed by atoms with Gasteiger partial charge in [-0.25, -0.2) is 0 Å². The molecule has 0 saturated heterocycles. The third-order valence-electron chi connectivity index (χ3n) is 3.14. The zero-order valence-corrected chi connectivity index (χ0v) is 12.7. The molecule has 5 heteroatoms. The van der Waals surface area contributed by atoms with Crippen LogP contribution in [-0.4, -0.2) is 31.1 Å². The molecule has 0 fully saturated rings. The Morgan fingerprint density at radius 3 is 2.76 bits per heavy atom. The highest BCUT2D eigenvalue weighted by atomic mass is 35.5. The van der Waals surface area contributed by atoms with Crippen molar-refractivity contribution in [3.05, 3.63) is 59.0 Å². The largest absolute Gasteiger partial charge is 0.467 e. The molecule has 0 spiro atoms. The molecule has 2 aromatic rings. The molecule has 2 rings (SSSR count). The lowest BCUT2D eigenvalue weighted by Crippen LogP contribution is -2.34. The van der Waals surface area contributed by atoms with Crippen LogP contribution in [0, 0.1) is 0 Å². The van der Waals surface area contributed by atoms with Crippen LogP contribution in [0.1, 0.15) is 11.3 Å². The molecule has 0 aliphatic heterocycles. The van der Waals surface area contributed by atoms with E-state index in [1.807, 2.05) is 30.3 Å². The third kappa shape index (κ3) is 4.62. The van der Waals surface area contributed by atoms with Gasteiger partial charge in [-0.1, -0.05) is 29.8 Å². The van der Waals surface area contributed by atoms with Crippen LogP contribution in [0.25, 0.3) is 0 Å². The molecule has 1 aromatic heterocycles. The standard InChI is InChI=1S/C16H18ClNO3/c1-20-10-8-18(12-14-6-4-9-21-14)16(19)11-13-5-2-3-7-15(13)17/h2-7,9H,8,10-12H2,1H3. The molecule has 0 bridgehead atoms. The molecular weight excluding hydrogens is 290 g/mol. The fourth-order valence-electron chi connectivity index (χ4n) is 2.00. The Kier molecular flexibility index (Phi) is 5.84. The molecule has 0 aliphatic rings. The smallest absolute Gasteiger partial charge is 0.227 e. The first-order valence-corrected chi connectivity index (χ1v) is 7.11. The lowest BCUT2D eigenvalue weighted by atomic mass is 10.1. The zero-order chi connectivity index (χ0) is 15.1. The maximum atomic E-state index is 12.5. The molecule has 0 saturated carbocycles. The number of nitrogens with zero attached hydrogens (tertiary/aromatic N) is 1. The van der Waals surface area contributed by atoms with Crippen LogP contribution in [0.4, 0.5) is 0 Å². The highest BCUT2D eigenvalue weighted by Gasteiger charge is 2.16. The molecule has 0 unspecified atom stereocenters. The van der Waals surface area contributed by atoms with Gasteiger partial charge in [-0.15, -0.1) is 0 Å². The Hall–Kier alpha value is -1.78. The van der Waals surface area contributed by atoms with Crippen molar-refractivity contribution in [3.63, 3.8) is 0 Å². The molecule has 0 N–H and O–H groups in total. The van der Waals surface area contributed by atoms with Gasteiger partial charge in [0.1, 0.15) is 5.76 Å². The highest BCUT2D eigenvalue weighted by Crippen LogP contribution is 2.17. The van der Waals surface area contributed by atoms with Gasteiger partial charge in [0, 0.05) is 18.7 Å². The number of hydrogen-bond donors (Lipinski definition) is 0. The predicted octanol–water partition coefficient (Wildman–Crippen LogP) is 3.15. The fourth-order valence-corrected chi connectivity index (χ4v) is 2.20. The Morgan fingerprint density at radius 2 is 2.10 bits per heavy atom. The molecule has 112 valence electrons. The molecule has 1 aromatic carbocycles. The Bertz CT molecular complexity index is 569. The number of halogens is 1. The van der Waals surface area contributed by atoms with Gasteiger partial charge in [0.2, 0.25) is 5.91 Å². The second-order valence-electron chi connectivity index (χ2n) is 4.66. The number of hydrogen-bond acceptors (Lipinski definition) is 3. The van der Waals surface area contributed by atoms with Crippen molar-refractivity contribution in [1.29, 1.82) is 0 Å². The van der Waals surface area contributed by atoms with Gasteiger partial charge >= 0.3 is 0 Å². The van der Waals surface area contributed by atoms with Gasteiger partial charge in [0.05, 0.1) is 25.8 Å². The number of ether oxygens (including phenoxy) is 1. The van der Waals surface area contributed by atoms with E-state index in [4.69, 9.17) is 20.8 Å². The van der Waals surface area contributed by atoms with Crippen molar-refractivity contribution < 1.29 is 13.9 Å². The van der Waals surface area contributed by atoms with E-state index in [-0.39, 0.29) is 12.3 Å². The third-order valence-corrected chi connectivity index (χ3v) is 3.51. The van der Waals surface area contributed by atoms with E-state index in [1.165, 1.54) is 0 Å². The van der Waals surface area contributed by atoms with Crippen LogP contribution in [0.5, 0.6) is 0 Å². The number of benzene rings is 1. The van der Waals surface area contributed by atoms with Crippen molar-refractivity contribution in [2.75, 3.05) is 20.3 Å². The molecule has 4 nitrogen and oxygen atoms in total. The molecule has 0 radical (unpaired) electrons. The summed E-state index contributed by atoms with van der Waals surface area (Å²) in [7, 11) is 1.61. The van der Waals surface area contributed by atoms with E-state index in [0.29, 0.717) is 24.7 Å². The van der Waals surface area contributed by atoms with E-state index in [0.717, 1.165) is 11.3 Å². The Balaban J connectivity index is 2.05. The number of methoxy groups -OCH3 is 1. The Labute approximate surface area is 129 Å². The first-order valence-electron chi connectivity index (χ1n) is 6.73. The summed E-state index contributed by atoms with van der Waals surface area (Å²) >= 11 is 6.11. The minimum Gasteiger partial charge on any atom is -0.467 e. The van der Waals surface area contributed by atoms with Gasteiger partial charge in [-0.05, 0) is 23.8 Å². The van der Waals surface area contributed by atoms with Gasteiger partial charge in [-0.2, -0.15) is 0 Å². The normalized spacial score (nSPS) is 10.6. The van der Waals surface area contributed by atoms with Crippen molar-refractivity contribution in [3.8, 4) is 0 Å². The van der Waals surface area contributed by atoms with Crippen molar-refractivity contribution in [2.45, 2.75) is 13.0 Å². The maximum Gasteiger partial charge on any atom is 0.227 e. The summed E-state index contributed by atoms with van der Waals surface area (Å²) < 4.78 is 10.4. The first-order chi connectivity index (χ1) is 10.2. The molecule has 0 aliphatic carbocycles. The fraction of sp³-hybridized carbons (Fsp3) is 0.312. The van der Waals surface area contributed by atoms with Crippen LogP contribution in [0.15, 0.2) is 47.1 Å². The summed E-state index contributed by atoms with van der Waals surface area (Å²) in [6.45, 7) is 1.43. The van der Waals surface area contributed by atoms with Crippen molar-refractivity contribution in [1.82, 2.24) is 4.90 Å². The second kappa shape index (κ2) is 7.86. The monoisotopic (exact) mass is 307 g/mol. The lowest BCUT2D eigenvalue weighted by molar-refractivity contribution is -0.132. The number of rotatable bonds is 7. The number of furan rings is 1. The van der Waals surface area contributed by atoms with Crippen LogP contribution >= 0.6 is 11.6 Å². The lowest BCUT2D eigenvalue weighted by Gasteiger charge is -2.21.